The van der Waals surface area contributed by atoms with E-state index in [4.69, 9.17) is 0 Å². The maximum atomic E-state index is 3.41. The highest BCUT2D eigenvalue weighted by atomic mass is 15.3. The molecule has 0 aliphatic carbocycles. The summed E-state index contributed by atoms with van der Waals surface area (Å²) in [6.07, 6.45) is 0.544. The van der Waals surface area contributed by atoms with Gasteiger partial charge in [0.2, 0.25) is 0 Å². The van der Waals surface area contributed by atoms with Gasteiger partial charge in [0, 0.05) is 26.2 Å². The SMILES string of the molecule is CCNC(C)N1CCNCC1. The third kappa shape index (κ3) is 2.77. The maximum Gasteiger partial charge on any atom is 0.0568 e. The van der Waals surface area contributed by atoms with Crippen molar-refractivity contribution in [2.24, 2.45) is 0 Å². The van der Waals surface area contributed by atoms with Crippen LogP contribution in [0.5, 0.6) is 0 Å². The molecule has 0 amide bonds. The fraction of sp³-hybridized carbons (Fsp3) is 1.00. The lowest BCUT2D eigenvalue weighted by Crippen LogP contribution is -2.52. The van der Waals surface area contributed by atoms with E-state index in [0.717, 1.165) is 19.6 Å². The fourth-order valence-corrected chi connectivity index (χ4v) is 1.49. The van der Waals surface area contributed by atoms with Crippen molar-refractivity contribution < 1.29 is 0 Å². The average Bonchev–Trinajstić information content (AvgIpc) is 2.07. The van der Waals surface area contributed by atoms with Gasteiger partial charge in [-0.05, 0) is 13.5 Å². The predicted octanol–water partition coefficient (Wildman–Crippen LogP) is -0.153. The summed E-state index contributed by atoms with van der Waals surface area (Å²) in [6, 6.07) is 0. The summed E-state index contributed by atoms with van der Waals surface area (Å²) in [5.41, 5.74) is 0. The van der Waals surface area contributed by atoms with Crippen LogP contribution in [0.2, 0.25) is 0 Å². The molecule has 0 aromatic rings. The quantitative estimate of drug-likeness (QED) is 0.596. The highest BCUT2D eigenvalue weighted by Gasteiger charge is 2.14. The Bertz CT molecular complexity index is 99.5. The molecule has 1 atom stereocenters. The molecule has 1 rings (SSSR count). The number of nitrogens with zero attached hydrogens (tertiary/aromatic N) is 1. The zero-order chi connectivity index (χ0) is 8.10. The Kier molecular flexibility index (Phi) is 3.83. The molecule has 0 radical (unpaired) electrons. The highest BCUT2D eigenvalue weighted by molar-refractivity contribution is 4.71. The van der Waals surface area contributed by atoms with Crippen molar-refractivity contribution in [3.05, 3.63) is 0 Å². The Balaban J connectivity index is 2.21. The first-order valence-electron chi connectivity index (χ1n) is 4.52. The van der Waals surface area contributed by atoms with Crippen molar-refractivity contribution in [1.82, 2.24) is 15.5 Å². The molecule has 0 aromatic carbocycles. The first kappa shape index (κ1) is 8.97. The molecular weight excluding hydrogens is 138 g/mol. The zero-order valence-electron chi connectivity index (χ0n) is 7.56. The zero-order valence-corrected chi connectivity index (χ0v) is 7.56. The number of rotatable bonds is 3. The van der Waals surface area contributed by atoms with Crippen molar-refractivity contribution in [3.8, 4) is 0 Å². The number of hydrogen-bond donors (Lipinski definition) is 2. The van der Waals surface area contributed by atoms with Crippen molar-refractivity contribution >= 4 is 0 Å². The fourth-order valence-electron chi connectivity index (χ4n) is 1.49. The van der Waals surface area contributed by atoms with Crippen molar-refractivity contribution in [2.45, 2.75) is 20.0 Å². The van der Waals surface area contributed by atoms with Gasteiger partial charge in [-0.25, -0.2) is 0 Å². The van der Waals surface area contributed by atoms with E-state index in [0.29, 0.717) is 6.17 Å². The number of hydrogen-bond acceptors (Lipinski definition) is 3. The van der Waals surface area contributed by atoms with Gasteiger partial charge in [0.05, 0.1) is 6.17 Å². The van der Waals surface area contributed by atoms with E-state index in [9.17, 15) is 0 Å². The van der Waals surface area contributed by atoms with Crippen LogP contribution in [0.15, 0.2) is 0 Å². The lowest BCUT2D eigenvalue weighted by Gasteiger charge is -2.32. The molecule has 66 valence electrons. The molecule has 0 spiro atoms. The summed E-state index contributed by atoms with van der Waals surface area (Å²) < 4.78 is 0. The van der Waals surface area contributed by atoms with Crippen LogP contribution in [-0.4, -0.2) is 43.8 Å². The van der Waals surface area contributed by atoms with Gasteiger partial charge >= 0.3 is 0 Å². The first-order valence-corrected chi connectivity index (χ1v) is 4.52. The summed E-state index contributed by atoms with van der Waals surface area (Å²) in [6.45, 7) is 10.1. The third-order valence-electron chi connectivity index (χ3n) is 2.20. The second kappa shape index (κ2) is 4.70. The van der Waals surface area contributed by atoms with Crippen LogP contribution in [0.3, 0.4) is 0 Å². The van der Waals surface area contributed by atoms with Crippen LogP contribution in [-0.2, 0) is 0 Å². The summed E-state index contributed by atoms with van der Waals surface area (Å²) in [4.78, 5) is 2.47. The minimum Gasteiger partial charge on any atom is -0.314 e. The van der Waals surface area contributed by atoms with Crippen LogP contribution in [0.25, 0.3) is 0 Å². The third-order valence-corrected chi connectivity index (χ3v) is 2.20. The van der Waals surface area contributed by atoms with Crippen molar-refractivity contribution in [2.75, 3.05) is 32.7 Å². The van der Waals surface area contributed by atoms with E-state index in [-0.39, 0.29) is 0 Å². The Hall–Kier alpha value is -0.120. The normalized spacial score (nSPS) is 23.5. The molecule has 1 aliphatic heterocycles. The van der Waals surface area contributed by atoms with Crippen LogP contribution >= 0.6 is 0 Å². The lowest BCUT2D eigenvalue weighted by molar-refractivity contribution is 0.160. The standard InChI is InChI=1S/C8H19N3/c1-3-10-8(2)11-6-4-9-5-7-11/h8-10H,3-7H2,1-2H3. The molecular formula is C8H19N3. The molecule has 0 saturated carbocycles. The molecule has 1 saturated heterocycles. The smallest absolute Gasteiger partial charge is 0.0568 e. The molecule has 1 fully saturated rings. The summed E-state index contributed by atoms with van der Waals surface area (Å²) in [5.74, 6) is 0. The Morgan fingerprint density at radius 3 is 2.64 bits per heavy atom. The maximum absolute atomic E-state index is 3.41. The van der Waals surface area contributed by atoms with Gasteiger partial charge in [-0.15, -0.1) is 0 Å². The number of piperazine rings is 1. The van der Waals surface area contributed by atoms with Gasteiger partial charge in [-0.1, -0.05) is 6.92 Å². The van der Waals surface area contributed by atoms with Crippen LogP contribution in [0.1, 0.15) is 13.8 Å². The van der Waals surface area contributed by atoms with E-state index >= 15 is 0 Å². The van der Waals surface area contributed by atoms with Gasteiger partial charge < -0.3 is 10.6 Å². The van der Waals surface area contributed by atoms with Gasteiger partial charge in [-0.2, -0.15) is 0 Å². The molecule has 11 heavy (non-hydrogen) atoms. The number of nitrogens with one attached hydrogen (secondary N) is 2. The van der Waals surface area contributed by atoms with Gasteiger partial charge in [0.25, 0.3) is 0 Å². The highest BCUT2D eigenvalue weighted by Crippen LogP contribution is 1.96. The average molecular weight is 157 g/mol. The largest absolute Gasteiger partial charge is 0.314 e. The summed E-state index contributed by atoms with van der Waals surface area (Å²) in [5, 5.41) is 6.76. The van der Waals surface area contributed by atoms with Gasteiger partial charge in [0.15, 0.2) is 0 Å². The first-order chi connectivity index (χ1) is 5.34. The monoisotopic (exact) mass is 157 g/mol. The minimum absolute atomic E-state index is 0.544. The predicted molar refractivity (Wildman–Crippen MR) is 47.6 cm³/mol. The Labute approximate surface area is 69.1 Å². The van der Waals surface area contributed by atoms with Gasteiger partial charge in [0.1, 0.15) is 0 Å². The van der Waals surface area contributed by atoms with E-state index < -0.39 is 0 Å². The summed E-state index contributed by atoms with van der Waals surface area (Å²) in [7, 11) is 0. The summed E-state index contributed by atoms with van der Waals surface area (Å²) >= 11 is 0. The molecule has 3 nitrogen and oxygen atoms in total. The van der Waals surface area contributed by atoms with E-state index in [1.54, 1.807) is 0 Å². The van der Waals surface area contributed by atoms with Crippen LogP contribution < -0.4 is 10.6 Å². The molecule has 1 aliphatic rings. The second-order valence-electron chi connectivity index (χ2n) is 3.02. The molecule has 2 N–H and O–H groups in total. The molecule has 1 heterocycles. The molecule has 1 unspecified atom stereocenters. The van der Waals surface area contributed by atoms with E-state index in [1.807, 2.05) is 0 Å². The van der Waals surface area contributed by atoms with E-state index in [1.165, 1.54) is 13.1 Å². The Morgan fingerprint density at radius 1 is 1.45 bits per heavy atom. The lowest BCUT2D eigenvalue weighted by atomic mass is 10.3. The van der Waals surface area contributed by atoms with Crippen molar-refractivity contribution in [1.29, 1.82) is 0 Å². The molecule has 0 aromatic heterocycles. The minimum atomic E-state index is 0.544. The van der Waals surface area contributed by atoms with Gasteiger partial charge in [-0.3, -0.25) is 4.90 Å². The van der Waals surface area contributed by atoms with E-state index in [2.05, 4.69) is 29.4 Å². The van der Waals surface area contributed by atoms with Crippen molar-refractivity contribution in [3.63, 3.8) is 0 Å². The Morgan fingerprint density at radius 2 is 2.09 bits per heavy atom. The van der Waals surface area contributed by atoms with Crippen LogP contribution in [0.4, 0.5) is 0 Å². The topological polar surface area (TPSA) is 27.3 Å². The second-order valence-corrected chi connectivity index (χ2v) is 3.02. The molecule has 0 bridgehead atoms. The molecule has 3 heteroatoms. The van der Waals surface area contributed by atoms with Crippen LogP contribution in [0, 0.1) is 0 Å².